The second kappa shape index (κ2) is 4.38. The number of furan rings is 1. The zero-order chi connectivity index (χ0) is 11.5. The van der Waals surface area contributed by atoms with E-state index in [-0.39, 0.29) is 23.6 Å². The molecule has 2 rings (SSSR count). The molecule has 5 heteroatoms. The Morgan fingerprint density at radius 3 is 3.12 bits per heavy atom. The molecule has 0 saturated carbocycles. The largest absolute Gasteiger partial charge is 0.459 e. The molecular weight excluding hydrogens is 208 g/mol. The first kappa shape index (κ1) is 10.7. The van der Waals surface area contributed by atoms with E-state index < -0.39 is 0 Å². The van der Waals surface area contributed by atoms with Crippen LogP contribution in [0.25, 0.3) is 0 Å². The van der Waals surface area contributed by atoms with Crippen molar-refractivity contribution in [2.45, 2.75) is 19.4 Å². The van der Waals surface area contributed by atoms with Crippen molar-refractivity contribution >= 4 is 11.8 Å². The Morgan fingerprint density at radius 2 is 2.50 bits per heavy atom. The molecule has 1 aliphatic heterocycles. The summed E-state index contributed by atoms with van der Waals surface area (Å²) in [6.45, 7) is 2.92. The van der Waals surface area contributed by atoms with Gasteiger partial charge >= 0.3 is 0 Å². The van der Waals surface area contributed by atoms with E-state index in [1.54, 1.807) is 17.0 Å². The van der Waals surface area contributed by atoms with Crippen molar-refractivity contribution in [1.82, 2.24) is 10.2 Å². The normalized spacial score (nSPS) is 20.7. The molecule has 1 N–H and O–H groups in total. The summed E-state index contributed by atoms with van der Waals surface area (Å²) in [5, 5.41) is 2.75. The number of piperazine rings is 1. The van der Waals surface area contributed by atoms with Gasteiger partial charge in [-0.2, -0.15) is 0 Å². The lowest BCUT2D eigenvalue weighted by Crippen LogP contribution is -2.56. The first-order valence-electron chi connectivity index (χ1n) is 5.36. The molecule has 1 unspecified atom stereocenters. The zero-order valence-electron chi connectivity index (χ0n) is 9.10. The van der Waals surface area contributed by atoms with Crippen molar-refractivity contribution in [3.63, 3.8) is 0 Å². The van der Waals surface area contributed by atoms with Crippen LogP contribution >= 0.6 is 0 Å². The van der Waals surface area contributed by atoms with Crippen LogP contribution in [-0.2, 0) is 4.79 Å². The van der Waals surface area contributed by atoms with Crippen LogP contribution in [0.15, 0.2) is 22.8 Å². The lowest BCUT2D eigenvalue weighted by Gasteiger charge is -2.33. The van der Waals surface area contributed by atoms with Crippen LogP contribution < -0.4 is 5.32 Å². The molecule has 2 amide bonds. The standard InChI is InChI=1S/C11H14N2O3/c1-2-8-10(14)12-5-6-13(8)11(15)9-4-3-7-16-9/h3-4,7-8H,2,5-6H2,1H3,(H,12,14). The second-order valence-corrected chi connectivity index (χ2v) is 3.69. The van der Waals surface area contributed by atoms with Gasteiger partial charge in [-0.3, -0.25) is 9.59 Å². The molecule has 1 atom stereocenters. The summed E-state index contributed by atoms with van der Waals surface area (Å²) in [7, 11) is 0. The van der Waals surface area contributed by atoms with Crippen LogP contribution in [0.1, 0.15) is 23.9 Å². The number of carbonyl (C=O) groups is 2. The fourth-order valence-electron chi connectivity index (χ4n) is 1.91. The topological polar surface area (TPSA) is 62.6 Å². The second-order valence-electron chi connectivity index (χ2n) is 3.69. The SMILES string of the molecule is CCC1C(=O)NCCN1C(=O)c1ccco1. The number of rotatable bonds is 2. The van der Waals surface area contributed by atoms with Gasteiger partial charge in [0.1, 0.15) is 6.04 Å². The van der Waals surface area contributed by atoms with Gasteiger partial charge in [0.05, 0.1) is 6.26 Å². The molecule has 86 valence electrons. The molecule has 5 nitrogen and oxygen atoms in total. The summed E-state index contributed by atoms with van der Waals surface area (Å²) < 4.78 is 5.05. The summed E-state index contributed by atoms with van der Waals surface area (Å²) in [6, 6.07) is 2.89. The summed E-state index contributed by atoms with van der Waals surface area (Å²) >= 11 is 0. The van der Waals surface area contributed by atoms with Crippen molar-refractivity contribution in [1.29, 1.82) is 0 Å². The number of nitrogens with zero attached hydrogens (tertiary/aromatic N) is 1. The maximum absolute atomic E-state index is 12.0. The molecule has 16 heavy (non-hydrogen) atoms. The minimum absolute atomic E-state index is 0.0892. The molecule has 0 aromatic carbocycles. The van der Waals surface area contributed by atoms with Crippen LogP contribution in [0, 0.1) is 0 Å². The Kier molecular flexibility index (Phi) is 2.94. The summed E-state index contributed by atoms with van der Waals surface area (Å²) in [6.07, 6.45) is 2.07. The van der Waals surface area contributed by atoms with Crippen LogP contribution in [0.5, 0.6) is 0 Å². The van der Waals surface area contributed by atoms with E-state index in [1.807, 2.05) is 6.92 Å². The highest BCUT2D eigenvalue weighted by Gasteiger charge is 2.32. The molecule has 1 aromatic heterocycles. The third-order valence-corrected chi connectivity index (χ3v) is 2.71. The molecule has 1 aromatic rings. The predicted molar refractivity (Wildman–Crippen MR) is 56.8 cm³/mol. The van der Waals surface area contributed by atoms with Gasteiger partial charge in [0.25, 0.3) is 5.91 Å². The van der Waals surface area contributed by atoms with E-state index in [0.29, 0.717) is 19.5 Å². The molecule has 0 spiro atoms. The lowest BCUT2D eigenvalue weighted by molar-refractivity contribution is -0.127. The molecule has 0 bridgehead atoms. The number of nitrogens with one attached hydrogen (secondary N) is 1. The van der Waals surface area contributed by atoms with Crippen molar-refractivity contribution in [2.24, 2.45) is 0 Å². The summed E-state index contributed by atoms with van der Waals surface area (Å²) in [5.41, 5.74) is 0. The maximum atomic E-state index is 12.0. The van der Waals surface area contributed by atoms with Gasteiger partial charge in [-0.15, -0.1) is 0 Å². The van der Waals surface area contributed by atoms with Gasteiger partial charge < -0.3 is 14.6 Å². The monoisotopic (exact) mass is 222 g/mol. The quantitative estimate of drug-likeness (QED) is 0.798. The molecule has 1 saturated heterocycles. The first-order chi connectivity index (χ1) is 7.74. The Hall–Kier alpha value is -1.78. The van der Waals surface area contributed by atoms with E-state index >= 15 is 0 Å². The highest BCUT2D eigenvalue weighted by molar-refractivity contribution is 5.96. The smallest absolute Gasteiger partial charge is 0.290 e. The Morgan fingerprint density at radius 1 is 1.69 bits per heavy atom. The minimum Gasteiger partial charge on any atom is -0.459 e. The average molecular weight is 222 g/mol. The van der Waals surface area contributed by atoms with Gasteiger partial charge in [0.15, 0.2) is 5.76 Å². The van der Waals surface area contributed by atoms with E-state index in [1.165, 1.54) is 6.26 Å². The predicted octanol–water partition coefficient (Wildman–Crippen LogP) is 0.630. The van der Waals surface area contributed by atoms with Crippen molar-refractivity contribution in [3.05, 3.63) is 24.2 Å². The number of hydrogen-bond donors (Lipinski definition) is 1. The van der Waals surface area contributed by atoms with Gasteiger partial charge in [0, 0.05) is 13.1 Å². The first-order valence-corrected chi connectivity index (χ1v) is 5.36. The lowest BCUT2D eigenvalue weighted by atomic mass is 10.1. The van der Waals surface area contributed by atoms with Crippen LogP contribution in [0.2, 0.25) is 0 Å². The third-order valence-electron chi connectivity index (χ3n) is 2.71. The van der Waals surface area contributed by atoms with E-state index in [2.05, 4.69) is 5.32 Å². The van der Waals surface area contributed by atoms with Crippen molar-refractivity contribution < 1.29 is 14.0 Å². The van der Waals surface area contributed by atoms with E-state index in [9.17, 15) is 9.59 Å². The Labute approximate surface area is 93.4 Å². The molecule has 0 aliphatic carbocycles. The molecule has 0 radical (unpaired) electrons. The Balaban J connectivity index is 2.18. The highest BCUT2D eigenvalue weighted by atomic mass is 16.3. The van der Waals surface area contributed by atoms with Gasteiger partial charge in [-0.05, 0) is 18.6 Å². The maximum Gasteiger partial charge on any atom is 0.290 e. The molecule has 1 aliphatic rings. The average Bonchev–Trinajstić information content (AvgIpc) is 2.81. The van der Waals surface area contributed by atoms with E-state index in [0.717, 1.165) is 0 Å². The summed E-state index contributed by atoms with van der Waals surface area (Å²) in [5.74, 6) is -0.0199. The van der Waals surface area contributed by atoms with Crippen LogP contribution in [-0.4, -0.2) is 35.8 Å². The molecule has 1 fully saturated rings. The highest BCUT2D eigenvalue weighted by Crippen LogP contribution is 2.13. The fourth-order valence-corrected chi connectivity index (χ4v) is 1.91. The van der Waals surface area contributed by atoms with Gasteiger partial charge in [0.2, 0.25) is 5.91 Å². The van der Waals surface area contributed by atoms with Crippen LogP contribution in [0.3, 0.4) is 0 Å². The van der Waals surface area contributed by atoms with Gasteiger partial charge in [-0.1, -0.05) is 6.92 Å². The Bertz CT molecular complexity index is 386. The molecular formula is C11H14N2O3. The zero-order valence-corrected chi connectivity index (χ0v) is 9.10. The number of hydrogen-bond acceptors (Lipinski definition) is 3. The molecule has 2 heterocycles. The minimum atomic E-state index is -0.383. The number of carbonyl (C=O) groups excluding carboxylic acids is 2. The van der Waals surface area contributed by atoms with Crippen molar-refractivity contribution in [3.8, 4) is 0 Å². The third kappa shape index (κ3) is 1.80. The van der Waals surface area contributed by atoms with Crippen molar-refractivity contribution in [2.75, 3.05) is 13.1 Å². The van der Waals surface area contributed by atoms with E-state index in [4.69, 9.17) is 4.42 Å². The summed E-state index contributed by atoms with van der Waals surface area (Å²) in [4.78, 5) is 25.2. The number of amides is 2. The fraction of sp³-hybridized carbons (Fsp3) is 0.455. The van der Waals surface area contributed by atoms with Crippen LogP contribution in [0.4, 0.5) is 0 Å². The van der Waals surface area contributed by atoms with Gasteiger partial charge in [-0.25, -0.2) is 0 Å².